The Morgan fingerprint density at radius 3 is 2.22 bits per heavy atom. The van der Waals surface area contributed by atoms with Crippen LogP contribution in [0.5, 0.6) is 0 Å². The van der Waals surface area contributed by atoms with Crippen molar-refractivity contribution in [3.63, 3.8) is 0 Å². The maximum Gasteiger partial charge on any atom is 0.226 e. The van der Waals surface area contributed by atoms with Crippen molar-refractivity contribution in [1.82, 2.24) is 4.90 Å². The number of rotatable bonds is 6. The molecular formula is C15H30N2O. The Morgan fingerprint density at radius 2 is 1.78 bits per heavy atom. The Kier molecular flexibility index (Phi) is 6.69. The van der Waals surface area contributed by atoms with E-state index in [2.05, 4.69) is 6.92 Å². The summed E-state index contributed by atoms with van der Waals surface area (Å²) in [5.74, 6) is 1.90. The molecule has 0 bridgehead atoms. The van der Waals surface area contributed by atoms with E-state index in [0.29, 0.717) is 12.5 Å². The predicted octanol–water partition coefficient (Wildman–Crippen LogP) is 2.65. The molecule has 1 unspecified atom stereocenters. The first-order valence-corrected chi connectivity index (χ1v) is 7.61. The molecule has 2 N–H and O–H groups in total. The van der Waals surface area contributed by atoms with Crippen molar-refractivity contribution in [2.24, 2.45) is 23.5 Å². The van der Waals surface area contributed by atoms with Crippen molar-refractivity contribution in [2.45, 2.75) is 52.9 Å². The zero-order valence-electron chi connectivity index (χ0n) is 12.3. The molecule has 0 radical (unpaired) electrons. The summed E-state index contributed by atoms with van der Waals surface area (Å²) in [6, 6.07) is 0. The average Bonchev–Trinajstić information content (AvgIpc) is 2.39. The molecule has 1 aliphatic rings. The Balaban J connectivity index is 2.48. The fraction of sp³-hybridized carbons (Fsp3) is 0.933. The average molecular weight is 254 g/mol. The number of nitrogens with zero attached hydrogens (tertiary/aromatic N) is 1. The minimum absolute atomic E-state index is 0.0447. The summed E-state index contributed by atoms with van der Waals surface area (Å²) in [5.41, 5.74) is 5.82. The number of amides is 1. The second-order valence-electron chi connectivity index (χ2n) is 5.80. The van der Waals surface area contributed by atoms with Gasteiger partial charge in [-0.15, -0.1) is 0 Å². The van der Waals surface area contributed by atoms with Crippen LogP contribution in [0.3, 0.4) is 0 Å². The zero-order valence-corrected chi connectivity index (χ0v) is 12.3. The monoisotopic (exact) mass is 254 g/mol. The minimum atomic E-state index is 0.0447. The summed E-state index contributed by atoms with van der Waals surface area (Å²) < 4.78 is 0. The fourth-order valence-corrected chi connectivity index (χ4v) is 3.06. The van der Waals surface area contributed by atoms with Crippen LogP contribution in [0.1, 0.15) is 52.9 Å². The molecule has 1 aliphatic carbocycles. The Hall–Kier alpha value is -0.570. The van der Waals surface area contributed by atoms with E-state index in [1.165, 1.54) is 25.7 Å². The van der Waals surface area contributed by atoms with Crippen LogP contribution in [0.15, 0.2) is 0 Å². The lowest BCUT2D eigenvalue weighted by atomic mass is 9.78. The normalized spacial score (nSPS) is 25.8. The lowest BCUT2D eigenvalue weighted by Crippen LogP contribution is -2.40. The molecule has 0 aromatic rings. The predicted molar refractivity (Wildman–Crippen MR) is 76.2 cm³/mol. The van der Waals surface area contributed by atoms with E-state index in [9.17, 15) is 4.79 Å². The van der Waals surface area contributed by atoms with Gasteiger partial charge in [0.05, 0.1) is 5.92 Å². The van der Waals surface area contributed by atoms with Crippen LogP contribution >= 0.6 is 0 Å². The number of hydrogen-bond donors (Lipinski definition) is 1. The van der Waals surface area contributed by atoms with E-state index in [0.717, 1.165) is 25.4 Å². The van der Waals surface area contributed by atoms with E-state index in [1.807, 2.05) is 18.7 Å². The van der Waals surface area contributed by atoms with Gasteiger partial charge in [-0.25, -0.2) is 0 Å². The summed E-state index contributed by atoms with van der Waals surface area (Å²) in [6.45, 7) is 8.51. The summed E-state index contributed by atoms with van der Waals surface area (Å²) in [4.78, 5) is 14.2. The smallest absolute Gasteiger partial charge is 0.226 e. The molecule has 18 heavy (non-hydrogen) atoms. The largest absolute Gasteiger partial charge is 0.343 e. The lowest BCUT2D eigenvalue weighted by Gasteiger charge is -2.30. The Morgan fingerprint density at radius 1 is 1.22 bits per heavy atom. The van der Waals surface area contributed by atoms with Crippen LogP contribution in [0, 0.1) is 17.8 Å². The lowest BCUT2D eigenvalue weighted by molar-refractivity contribution is -0.135. The molecule has 3 nitrogen and oxygen atoms in total. The highest BCUT2D eigenvalue weighted by atomic mass is 16.2. The molecular weight excluding hydrogens is 224 g/mol. The SMILES string of the molecule is CCN(CC)C(=O)C(CN)CC1CCC(C)CC1. The third-order valence-electron chi connectivity index (χ3n) is 4.46. The Labute approximate surface area is 112 Å². The summed E-state index contributed by atoms with van der Waals surface area (Å²) in [5, 5.41) is 0. The van der Waals surface area contributed by atoms with Gasteiger partial charge in [-0.2, -0.15) is 0 Å². The van der Waals surface area contributed by atoms with Crippen molar-refractivity contribution >= 4 is 5.91 Å². The molecule has 1 saturated carbocycles. The first-order chi connectivity index (χ1) is 8.62. The van der Waals surface area contributed by atoms with Crippen molar-refractivity contribution in [2.75, 3.05) is 19.6 Å². The second-order valence-corrected chi connectivity index (χ2v) is 5.80. The maximum absolute atomic E-state index is 12.3. The van der Waals surface area contributed by atoms with Gasteiger partial charge in [0.1, 0.15) is 0 Å². The topological polar surface area (TPSA) is 46.3 Å². The van der Waals surface area contributed by atoms with Crippen molar-refractivity contribution in [3.8, 4) is 0 Å². The van der Waals surface area contributed by atoms with Crippen LogP contribution in [0.2, 0.25) is 0 Å². The zero-order chi connectivity index (χ0) is 13.5. The van der Waals surface area contributed by atoms with Gasteiger partial charge in [0.25, 0.3) is 0 Å². The van der Waals surface area contributed by atoms with Gasteiger partial charge in [-0.1, -0.05) is 32.6 Å². The van der Waals surface area contributed by atoms with E-state index < -0.39 is 0 Å². The molecule has 3 heteroatoms. The molecule has 1 amide bonds. The Bertz CT molecular complexity index is 243. The maximum atomic E-state index is 12.3. The summed E-state index contributed by atoms with van der Waals surface area (Å²) in [6.07, 6.45) is 6.20. The van der Waals surface area contributed by atoms with Gasteiger partial charge in [0.15, 0.2) is 0 Å². The molecule has 0 heterocycles. The van der Waals surface area contributed by atoms with Crippen LogP contribution in [0.25, 0.3) is 0 Å². The van der Waals surface area contributed by atoms with E-state index in [-0.39, 0.29) is 11.8 Å². The molecule has 106 valence electrons. The van der Waals surface area contributed by atoms with Crippen LogP contribution < -0.4 is 5.73 Å². The highest BCUT2D eigenvalue weighted by molar-refractivity contribution is 5.79. The van der Waals surface area contributed by atoms with E-state index in [1.54, 1.807) is 0 Å². The first kappa shape index (κ1) is 15.5. The van der Waals surface area contributed by atoms with Crippen LogP contribution in [-0.2, 0) is 4.79 Å². The van der Waals surface area contributed by atoms with Crippen molar-refractivity contribution < 1.29 is 4.79 Å². The van der Waals surface area contributed by atoms with Crippen molar-refractivity contribution in [1.29, 1.82) is 0 Å². The van der Waals surface area contributed by atoms with Gasteiger partial charge >= 0.3 is 0 Å². The molecule has 0 aliphatic heterocycles. The van der Waals surface area contributed by atoms with Crippen LogP contribution in [0.4, 0.5) is 0 Å². The van der Waals surface area contributed by atoms with E-state index >= 15 is 0 Å². The van der Waals surface area contributed by atoms with Gasteiger partial charge in [-0.05, 0) is 32.1 Å². The fourth-order valence-electron chi connectivity index (χ4n) is 3.06. The first-order valence-electron chi connectivity index (χ1n) is 7.61. The third kappa shape index (κ3) is 4.27. The highest BCUT2D eigenvalue weighted by Crippen LogP contribution is 2.32. The summed E-state index contributed by atoms with van der Waals surface area (Å²) >= 11 is 0. The van der Waals surface area contributed by atoms with Crippen LogP contribution in [-0.4, -0.2) is 30.4 Å². The van der Waals surface area contributed by atoms with Gasteiger partial charge < -0.3 is 10.6 Å². The molecule has 1 atom stereocenters. The van der Waals surface area contributed by atoms with Gasteiger partial charge in [-0.3, -0.25) is 4.79 Å². The van der Waals surface area contributed by atoms with Gasteiger partial charge in [0.2, 0.25) is 5.91 Å². The minimum Gasteiger partial charge on any atom is -0.343 e. The molecule has 0 aromatic heterocycles. The highest BCUT2D eigenvalue weighted by Gasteiger charge is 2.27. The van der Waals surface area contributed by atoms with Gasteiger partial charge in [0, 0.05) is 19.6 Å². The van der Waals surface area contributed by atoms with Crippen molar-refractivity contribution in [3.05, 3.63) is 0 Å². The standard InChI is InChI=1S/C15H30N2O/c1-4-17(5-2)15(18)14(11-16)10-13-8-6-12(3)7-9-13/h12-14H,4-11,16H2,1-3H3. The number of hydrogen-bond acceptors (Lipinski definition) is 2. The third-order valence-corrected chi connectivity index (χ3v) is 4.46. The molecule has 1 rings (SSSR count). The quantitative estimate of drug-likeness (QED) is 0.792. The second kappa shape index (κ2) is 7.78. The molecule has 0 spiro atoms. The van der Waals surface area contributed by atoms with E-state index in [4.69, 9.17) is 5.73 Å². The number of nitrogens with two attached hydrogens (primary N) is 1. The molecule has 0 saturated heterocycles. The number of carbonyl (C=O) groups excluding carboxylic acids is 1. The summed E-state index contributed by atoms with van der Waals surface area (Å²) in [7, 11) is 0. The molecule has 1 fully saturated rings. The molecule has 0 aromatic carbocycles. The number of carbonyl (C=O) groups is 1.